The van der Waals surface area contributed by atoms with Crippen LogP contribution in [0.25, 0.3) is 16.6 Å². The molecule has 6 heteroatoms. The lowest BCUT2D eigenvalue weighted by Crippen LogP contribution is -3.00. The molecule has 2 rings (SSSR count). The second-order valence-electron chi connectivity index (χ2n) is 5.12. The van der Waals surface area contributed by atoms with Crippen LogP contribution in [0.1, 0.15) is 33.4 Å². The summed E-state index contributed by atoms with van der Waals surface area (Å²) in [6.07, 6.45) is 7.94. The monoisotopic (exact) mass is 335 g/mol. The molecule has 0 aliphatic carbocycles. The molecule has 0 saturated heterocycles. The third-order valence-corrected chi connectivity index (χ3v) is 3.90. The summed E-state index contributed by atoms with van der Waals surface area (Å²) in [5.74, 6) is 0. The van der Waals surface area contributed by atoms with E-state index in [1.807, 2.05) is 12.3 Å². The van der Waals surface area contributed by atoms with E-state index in [0.29, 0.717) is 0 Å². The normalized spacial score (nSPS) is 11.2. The third kappa shape index (κ3) is 4.55. The number of aromatic amines is 1. The molecule has 2 heterocycles. The van der Waals surface area contributed by atoms with E-state index in [-0.39, 0.29) is 12.4 Å². The van der Waals surface area contributed by atoms with Gasteiger partial charge in [-0.15, -0.1) is 0 Å². The fourth-order valence-corrected chi connectivity index (χ4v) is 2.46. The number of allylic oxidation sites excluding steroid dienone is 1. The standard InChI is InChI=1S/C17H26N5.ClH/c1-5-21(6-2)11-14(12-22(7-3)8-4)16-15-9-10-18-17(15)20-13-19-16;/h9-13H,5-8H2,1-4H3,(H,18,19,20);1H/q+1;/p-1. The third-order valence-electron chi connectivity index (χ3n) is 3.90. The summed E-state index contributed by atoms with van der Waals surface area (Å²) >= 11 is 0. The van der Waals surface area contributed by atoms with Gasteiger partial charge in [0, 0.05) is 30.9 Å². The fraction of sp³-hybridized carbons (Fsp3) is 0.471. The van der Waals surface area contributed by atoms with Gasteiger partial charge in [-0.25, -0.2) is 14.5 Å². The Bertz CT molecular complexity index is 664. The van der Waals surface area contributed by atoms with Crippen LogP contribution in [0, 0.1) is 0 Å². The van der Waals surface area contributed by atoms with Crippen molar-refractivity contribution in [3.8, 4) is 0 Å². The predicted molar refractivity (Wildman–Crippen MR) is 92.2 cm³/mol. The van der Waals surface area contributed by atoms with Gasteiger partial charge < -0.3 is 22.3 Å². The first kappa shape index (κ1) is 19.2. The first-order valence-corrected chi connectivity index (χ1v) is 8.06. The van der Waals surface area contributed by atoms with Gasteiger partial charge in [0.1, 0.15) is 25.1 Å². The highest BCUT2D eigenvalue weighted by atomic mass is 35.5. The lowest BCUT2D eigenvalue weighted by molar-refractivity contribution is -0.515. The number of halogens is 1. The quantitative estimate of drug-likeness (QED) is 0.561. The molecule has 0 atom stereocenters. The molecular formula is C17H26ClN5. The second kappa shape index (κ2) is 9.30. The van der Waals surface area contributed by atoms with E-state index in [9.17, 15) is 0 Å². The van der Waals surface area contributed by atoms with Gasteiger partial charge in [-0.3, -0.25) is 0 Å². The van der Waals surface area contributed by atoms with Gasteiger partial charge in [0.05, 0.1) is 11.3 Å². The number of aromatic nitrogens is 3. The number of rotatable bonds is 7. The SMILES string of the molecule is CCN(/C=C(\C=[N+](CC)CC)c1ncnc2[nH]ccc12)CC.[Cl-]. The number of hydrogen-bond acceptors (Lipinski definition) is 3. The van der Waals surface area contributed by atoms with Gasteiger partial charge in [0.15, 0.2) is 6.21 Å². The molecule has 1 N–H and O–H groups in total. The van der Waals surface area contributed by atoms with Gasteiger partial charge in [0.25, 0.3) is 0 Å². The molecule has 2 aromatic heterocycles. The molecule has 126 valence electrons. The first-order chi connectivity index (χ1) is 10.7. The van der Waals surface area contributed by atoms with Crippen molar-refractivity contribution in [1.82, 2.24) is 19.9 Å². The van der Waals surface area contributed by atoms with Crippen molar-refractivity contribution in [2.24, 2.45) is 0 Å². The van der Waals surface area contributed by atoms with Crippen molar-refractivity contribution >= 4 is 22.8 Å². The maximum absolute atomic E-state index is 4.54. The van der Waals surface area contributed by atoms with Crippen LogP contribution in [-0.2, 0) is 0 Å². The summed E-state index contributed by atoms with van der Waals surface area (Å²) in [4.78, 5) is 14.3. The van der Waals surface area contributed by atoms with Gasteiger partial charge in [0.2, 0.25) is 0 Å². The average molecular weight is 336 g/mol. The summed E-state index contributed by atoms with van der Waals surface area (Å²) < 4.78 is 2.29. The fourth-order valence-electron chi connectivity index (χ4n) is 2.46. The van der Waals surface area contributed by atoms with Crippen LogP contribution in [0.3, 0.4) is 0 Å². The van der Waals surface area contributed by atoms with E-state index in [0.717, 1.165) is 48.5 Å². The zero-order valence-electron chi connectivity index (χ0n) is 14.4. The topological polar surface area (TPSA) is 47.8 Å². The molecule has 0 radical (unpaired) electrons. The van der Waals surface area contributed by atoms with E-state index in [1.54, 1.807) is 6.33 Å². The van der Waals surface area contributed by atoms with Crippen LogP contribution in [0.2, 0.25) is 0 Å². The van der Waals surface area contributed by atoms with E-state index in [4.69, 9.17) is 0 Å². The molecule has 0 aliphatic rings. The minimum absolute atomic E-state index is 0. The first-order valence-electron chi connectivity index (χ1n) is 8.06. The molecule has 0 spiro atoms. The largest absolute Gasteiger partial charge is 1.00 e. The Kier molecular flexibility index (Phi) is 7.75. The minimum atomic E-state index is 0. The Morgan fingerprint density at radius 2 is 1.87 bits per heavy atom. The summed E-state index contributed by atoms with van der Waals surface area (Å²) in [6.45, 7) is 12.6. The summed E-state index contributed by atoms with van der Waals surface area (Å²) in [5.41, 5.74) is 2.98. The van der Waals surface area contributed by atoms with Gasteiger partial charge in [-0.1, -0.05) is 0 Å². The predicted octanol–water partition coefficient (Wildman–Crippen LogP) is -0.232. The van der Waals surface area contributed by atoms with Crippen LogP contribution in [-0.4, -0.2) is 56.8 Å². The van der Waals surface area contributed by atoms with Crippen LogP contribution in [0.5, 0.6) is 0 Å². The van der Waals surface area contributed by atoms with E-state index in [2.05, 4.69) is 64.5 Å². The summed E-state index contributed by atoms with van der Waals surface area (Å²) in [6, 6.07) is 2.04. The van der Waals surface area contributed by atoms with Crippen molar-refractivity contribution in [2.75, 3.05) is 26.2 Å². The number of nitrogens with zero attached hydrogens (tertiary/aromatic N) is 4. The molecule has 23 heavy (non-hydrogen) atoms. The van der Waals surface area contributed by atoms with Crippen LogP contribution < -0.4 is 12.4 Å². The van der Waals surface area contributed by atoms with Crippen LogP contribution >= 0.6 is 0 Å². The highest BCUT2D eigenvalue weighted by molar-refractivity contribution is 6.11. The molecule has 5 nitrogen and oxygen atoms in total. The van der Waals surface area contributed by atoms with E-state index < -0.39 is 0 Å². The Morgan fingerprint density at radius 1 is 1.17 bits per heavy atom. The number of nitrogens with one attached hydrogen (secondary N) is 1. The highest BCUT2D eigenvalue weighted by Gasteiger charge is 2.13. The molecular weight excluding hydrogens is 310 g/mol. The van der Waals surface area contributed by atoms with Gasteiger partial charge in [-0.05, 0) is 33.8 Å². The number of hydrogen-bond donors (Lipinski definition) is 1. The highest BCUT2D eigenvalue weighted by Crippen LogP contribution is 2.20. The molecule has 0 fully saturated rings. The maximum Gasteiger partial charge on any atom is 0.174 e. The minimum Gasteiger partial charge on any atom is -1.00 e. The van der Waals surface area contributed by atoms with Crippen molar-refractivity contribution in [3.05, 3.63) is 30.5 Å². The van der Waals surface area contributed by atoms with Crippen molar-refractivity contribution in [3.63, 3.8) is 0 Å². The zero-order chi connectivity index (χ0) is 15.9. The van der Waals surface area contributed by atoms with Crippen LogP contribution in [0.4, 0.5) is 0 Å². The summed E-state index contributed by atoms with van der Waals surface area (Å²) in [7, 11) is 0. The molecule has 0 unspecified atom stereocenters. The van der Waals surface area contributed by atoms with Gasteiger partial charge >= 0.3 is 0 Å². The molecule has 0 aromatic carbocycles. The Labute approximate surface area is 144 Å². The van der Waals surface area contributed by atoms with Crippen molar-refractivity contribution in [1.29, 1.82) is 0 Å². The van der Waals surface area contributed by atoms with Crippen molar-refractivity contribution < 1.29 is 17.0 Å². The molecule has 0 aliphatic heterocycles. The zero-order valence-corrected chi connectivity index (χ0v) is 15.1. The van der Waals surface area contributed by atoms with E-state index in [1.165, 1.54) is 0 Å². The molecule has 0 amide bonds. The molecule has 0 saturated carbocycles. The number of fused-ring (bicyclic) bond motifs is 1. The Hall–Kier alpha value is -1.88. The lowest BCUT2D eigenvalue weighted by Gasteiger charge is -2.16. The average Bonchev–Trinajstić information content (AvgIpc) is 3.04. The van der Waals surface area contributed by atoms with Crippen molar-refractivity contribution in [2.45, 2.75) is 27.7 Å². The van der Waals surface area contributed by atoms with Gasteiger partial charge in [-0.2, -0.15) is 0 Å². The summed E-state index contributed by atoms with van der Waals surface area (Å²) in [5, 5.41) is 1.06. The molecule has 2 aromatic rings. The molecule has 0 bridgehead atoms. The van der Waals surface area contributed by atoms with E-state index >= 15 is 0 Å². The lowest BCUT2D eigenvalue weighted by atomic mass is 10.1. The Morgan fingerprint density at radius 3 is 2.48 bits per heavy atom. The smallest absolute Gasteiger partial charge is 0.174 e. The van der Waals surface area contributed by atoms with Crippen LogP contribution in [0.15, 0.2) is 24.8 Å². The second-order valence-corrected chi connectivity index (χ2v) is 5.12. The Balaban J connectivity index is 0.00000264. The maximum atomic E-state index is 4.54. The number of H-pyrrole nitrogens is 1.